The highest BCUT2D eigenvalue weighted by atomic mass is 32.1. The van der Waals surface area contributed by atoms with Crippen LogP contribution in [-0.2, 0) is 25.4 Å². The largest absolute Gasteiger partial charge is 0.332 e. The predicted octanol–water partition coefficient (Wildman–Crippen LogP) is 0.951. The van der Waals surface area contributed by atoms with E-state index in [9.17, 15) is 19.2 Å². The number of benzene rings is 1. The summed E-state index contributed by atoms with van der Waals surface area (Å²) in [5.41, 5.74) is 2.70. The minimum absolute atomic E-state index is 0.191. The third kappa shape index (κ3) is 3.27. The molecule has 0 saturated carbocycles. The van der Waals surface area contributed by atoms with E-state index in [1.807, 2.05) is 37.3 Å². The predicted molar refractivity (Wildman–Crippen MR) is 129 cm³/mol. The van der Waals surface area contributed by atoms with Crippen LogP contribution >= 0.6 is 11.3 Å². The molecule has 172 valence electrons. The molecule has 0 aliphatic rings. The minimum Gasteiger partial charge on any atom is -0.328 e. The Labute approximate surface area is 195 Å². The fourth-order valence-corrected chi connectivity index (χ4v) is 4.99. The van der Waals surface area contributed by atoms with Gasteiger partial charge in [0, 0.05) is 24.5 Å². The van der Waals surface area contributed by atoms with Gasteiger partial charge in [-0.05, 0) is 12.5 Å². The molecular formula is C22H19N7O4S. The zero-order valence-electron chi connectivity index (χ0n) is 18.5. The Morgan fingerprint density at radius 1 is 1.03 bits per heavy atom. The molecule has 5 aromatic rings. The van der Waals surface area contributed by atoms with Crippen LogP contribution in [0.4, 0.5) is 0 Å². The van der Waals surface area contributed by atoms with Crippen LogP contribution in [0.1, 0.15) is 4.88 Å². The highest BCUT2D eigenvalue weighted by molar-refractivity contribution is 7.19. The van der Waals surface area contributed by atoms with Crippen LogP contribution in [0.2, 0.25) is 0 Å². The van der Waals surface area contributed by atoms with Crippen molar-refractivity contribution in [2.24, 2.45) is 14.1 Å². The van der Waals surface area contributed by atoms with Crippen molar-refractivity contribution >= 4 is 38.6 Å². The molecule has 11 nitrogen and oxygen atoms in total. The molecule has 0 unspecified atom stereocenters. The first-order valence-electron chi connectivity index (χ1n) is 10.2. The van der Waals surface area contributed by atoms with Crippen molar-refractivity contribution in [1.82, 2.24) is 28.3 Å². The van der Waals surface area contributed by atoms with Crippen molar-refractivity contribution in [3.05, 3.63) is 79.1 Å². The van der Waals surface area contributed by atoms with E-state index in [1.165, 1.54) is 40.2 Å². The monoisotopic (exact) mass is 477 g/mol. The van der Waals surface area contributed by atoms with Crippen LogP contribution in [0.5, 0.6) is 0 Å². The summed E-state index contributed by atoms with van der Waals surface area (Å²) in [5.74, 6) is -0.725. The van der Waals surface area contributed by atoms with Gasteiger partial charge in [-0.25, -0.2) is 24.0 Å². The first-order chi connectivity index (χ1) is 16.3. The number of fused-ring (bicyclic) bond motifs is 2. The molecule has 1 N–H and O–H groups in total. The van der Waals surface area contributed by atoms with Crippen LogP contribution in [0.25, 0.3) is 32.5 Å². The highest BCUT2D eigenvalue weighted by Gasteiger charge is 2.20. The van der Waals surface area contributed by atoms with E-state index < -0.39 is 29.3 Å². The molecule has 5 rings (SSSR count). The summed E-state index contributed by atoms with van der Waals surface area (Å²) < 4.78 is 4.46. The van der Waals surface area contributed by atoms with Crippen LogP contribution < -0.4 is 22.2 Å². The smallest absolute Gasteiger partial charge is 0.328 e. The van der Waals surface area contributed by atoms with Crippen molar-refractivity contribution in [3.8, 4) is 11.1 Å². The van der Waals surface area contributed by atoms with Crippen LogP contribution in [0.3, 0.4) is 0 Å². The van der Waals surface area contributed by atoms with Crippen molar-refractivity contribution in [1.29, 1.82) is 0 Å². The quantitative estimate of drug-likeness (QED) is 0.411. The maximum Gasteiger partial charge on any atom is 0.332 e. The maximum absolute atomic E-state index is 13.3. The van der Waals surface area contributed by atoms with E-state index in [-0.39, 0.29) is 11.2 Å². The number of nitrogens with zero attached hydrogens (tertiary/aromatic N) is 6. The van der Waals surface area contributed by atoms with Gasteiger partial charge in [0.05, 0.1) is 11.7 Å². The Morgan fingerprint density at radius 3 is 2.50 bits per heavy atom. The average molecular weight is 478 g/mol. The maximum atomic E-state index is 13.3. The summed E-state index contributed by atoms with van der Waals surface area (Å²) in [6.45, 7) is 1.33. The van der Waals surface area contributed by atoms with Gasteiger partial charge >= 0.3 is 5.69 Å². The summed E-state index contributed by atoms with van der Waals surface area (Å²) in [6, 6.07) is 9.46. The van der Waals surface area contributed by atoms with Gasteiger partial charge in [-0.1, -0.05) is 30.3 Å². The third-order valence-corrected chi connectivity index (χ3v) is 6.61. The van der Waals surface area contributed by atoms with Gasteiger partial charge in [-0.2, -0.15) is 0 Å². The molecule has 12 heteroatoms. The number of imidazole rings is 1. The lowest BCUT2D eigenvalue weighted by atomic mass is 10.0. The lowest BCUT2D eigenvalue weighted by molar-refractivity contribution is -0.117. The molecule has 34 heavy (non-hydrogen) atoms. The number of carbonyl (C=O) groups excluding carboxylic acids is 1. The summed E-state index contributed by atoms with van der Waals surface area (Å²) in [6.07, 6.45) is 2.64. The molecule has 4 aromatic heterocycles. The number of aryl methyl sites for hydroxylation is 3. The normalized spacial score (nSPS) is 11.4. The van der Waals surface area contributed by atoms with Crippen molar-refractivity contribution in [2.45, 2.75) is 13.5 Å². The van der Waals surface area contributed by atoms with Gasteiger partial charge in [-0.3, -0.25) is 24.4 Å². The zero-order chi connectivity index (χ0) is 24.1. The van der Waals surface area contributed by atoms with Gasteiger partial charge in [0.15, 0.2) is 11.2 Å². The molecule has 1 amide bonds. The fraction of sp³-hybridized carbons (Fsp3) is 0.182. The second kappa shape index (κ2) is 7.92. The molecular weight excluding hydrogens is 458 g/mol. The lowest BCUT2D eigenvalue weighted by Crippen LogP contribution is -2.44. The molecule has 0 atom stereocenters. The first-order valence-corrected chi connectivity index (χ1v) is 11.1. The lowest BCUT2D eigenvalue weighted by Gasteiger charge is -2.11. The Balaban J connectivity index is 1.54. The Kier molecular flexibility index (Phi) is 5.01. The number of carbonyl (C=O) groups is 1. The SMILES string of the molecule is Cc1sc2ncn(NC(=O)Cn3c(=O)c4c(ncn4C)n(C)c3=O)c(=O)c2c1-c1ccccc1. The molecule has 0 aliphatic carbocycles. The van der Waals surface area contributed by atoms with E-state index in [4.69, 9.17) is 0 Å². The Bertz CT molecular complexity index is 1770. The number of hydrogen-bond acceptors (Lipinski definition) is 7. The van der Waals surface area contributed by atoms with Crippen molar-refractivity contribution < 1.29 is 4.79 Å². The van der Waals surface area contributed by atoms with Crippen LogP contribution in [-0.4, -0.2) is 34.3 Å². The van der Waals surface area contributed by atoms with Crippen LogP contribution in [0, 0.1) is 6.92 Å². The van der Waals surface area contributed by atoms with Crippen LogP contribution in [0.15, 0.2) is 57.4 Å². The number of nitrogens with one attached hydrogen (secondary N) is 1. The number of amides is 1. The highest BCUT2D eigenvalue weighted by Crippen LogP contribution is 2.35. The van der Waals surface area contributed by atoms with E-state index >= 15 is 0 Å². The van der Waals surface area contributed by atoms with Crippen molar-refractivity contribution in [2.75, 3.05) is 5.43 Å². The number of aromatic nitrogens is 6. The van der Waals surface area contributed by atoms with Gasteiger partial charge in [0.25, 0.3) is 17.0 Å². The van der Waals surface area contributed by atoms with Gasteiger partial charge < -0.3 is 4.57 Å². The molecule has 0 spiro atoms. The number of hydrogen-bond donors (Lipinski definition) is 1. The zero-order valence-corrected chi connectivity index (χ0v) is 19.3. The molecule has 0 aliphatic heterocycles. The number of thiophene rings is 1. The first kappa shape index (κ1) is 21.5. The second-order valence-electron chi connectivity index (χ2n) is 7.79. The topological polar surface area (TPSA) is 126 Å². The summed E-state index contributed by atoms with van der Waals surface area (Å²) in [7, 11) is 3.09. The summed E-state index contributed by atoms with van der Waals surface area (Å²) >= 11 is 1.39. The van der Waals surface area contributed by atoms with Gasteiger partial charge in [-0.15, -0.1) is 11.3 Å². The molecule has 0 fully saturated rings. The van der Waals surface area contributed by atoms with E-state index in [0.29, 0.717) is 10.2 Å². The standard InChI is InChI=1S/C22H19N7O4S/c1-12-15(13-7-5-4-6-8-13)16-19(34-12)24-11-29(20(16)31)25-14(30)9-28-21(32)17-18(23-10-26(17)2)27(3)22(28)33/h4-8,10-11H,9H2,1-3H3,(H,25,30). The summed E-state index contributed by atoms with van der Waals surface area (Å²) in [4.78, 5) is 61.4. The fourth-order valence-electron chi connectivity index (χ4n) is 3.98. The van der Waals surface area contributed by atoms with Gasteiger partial charge in [0.2, 0.25) is 0 Å². The average Bonchev–Trinajstić information content (AvgIpc) is 3.37. The molecule has 0 saturated heterocycles. The second-order valence-corrected chi connectivity index (χ2v) is 9.00. The Morgan fingerprint density at radius 2 is 1.76 bits per heavy atom. The Hall–Kier alpha value is -4.32. The molecule has 0 bridgehead atoms. The summed E-state index contributed by atoms with van der Waals surface area (Å²) in [5, 5.41) is 0.390. The molecule has 4 heterocycles. The van der Waals surface area contributed by atoms with Gasteiger partial charge in [0.1, 0.15) is 17.7 Å². The molecule has 1 aromatic carbocycles. The van der Waals surface area contributed by atoms with E-state index in [1.54, 1.807) is 7.05 Å². The van der Waals surface area contributed by atoms with E-state index in [0.717, 1.165) is 25.2 Å². The van der Waals surface area contributed by atoms with E-state index in [2.05, 4.69) is 15.4 Å². The third-order valence-electron chi connectivity index (χ3n) is 5.60. The van der Waals surface area contributed by atoms with Crippen molar-refractivity contribution in [3.63, 3.8) is 0 Å². The number of rotatable bonds is 4. The minimum atomic E-state index is -0.725. The molecule has 0 radical (unpaired) electrons.